The summed E-state index contributed by atoms with van der Waals surface area (Å²) in [4.78, 5) is 0. The average molecular weight is 228 g/mol. The van der Waals surface area contributed by atoms with E-state index >= 15 is 0 Å². The first-order valence-electron chi connectivity index (χ1n) is 2.87. The number of hydrogen-bond donors (Lipinski definition) is 0. The number of rotatable bonds is 5. The molecule has 0 amide bonds. The summed E-state index contributed by atoms with van der Waals surface area (Å²) < 4.78 is 80.7. The Morgan fingerprint density at radius 2 is 1.77 bits per heavy atom. The van der Waals surface area contributed by atoms with Gasteiger partial charge in [0.05, 0.1) is 6.42 Å². The first kappa shape index (κ1) is 12.6. The predicted octanol–water partition coefficient (Wildman–Crippen LogP) is 1.51. The van der Waals surface area contributed by atoms with E-state index in [1.165, 1.54) is 0 Å². The van der Waals surface area contributed by atoms with Gasteiger partial charge < -0.3 is 0 Å². The summed E-state index contributed by atoms with van der Waals surface area (Å²) in [5, 5.41) is 0. The highest BCUT2D eigenvalue weighted by molar-refractivity contribution is 7.86. The van der Waals surface area contributed by atoms with E-state index in [1.807, 2.05) is 0 Å². The third-order valence-electron chi connectivity index (χ3n) is 0.937. The summed E-state index contributed by atoms with van der Waals surface area (Å²) in [6.45, 7) is 0. The lowest BCUT2D eigenvalue weighted by Gasteiger charge is -2.13. The molecule has 0 N–H and O–H groups in total. The van der Waals surface area contributed by atoms with Crippen LogP contribution in [-0.2, 0) is 14.5 Å². The Kier molecular flexibility index (Phi) is 4.04. The summed E-state index contributed by atoms with van der Waals surface area (Å²) in [6, 6.07) is 0. The fraction of sp³-hybridized carbons (Fsp3) is 1.00. The van der Waals surface area contributed by atoms with Crippen LogP contribution in [0.5, 0.6) is 0 Å². The Hall–Kier alpha value is -0.440. The number of alkyl halides is 4. The first-order chi connectivity index (χ1) is 5.68. The van der Waals surface area contributed by atoms with E-state index in [0.29, 0.717) is 0 Å². The largest absolute Gasteiger partial charge is 0.303 e. The van der Waals surface area contributed by atoms with Crippen LogP contribution >= 0.6 is 0 Å². The third-order valence-corrected chi connectivity index (χ3v) is 1.90. The van der Waals surface area contributed by atoms with Gasteiger partial charge in [0.25, 0.3) is 5.92 Å². The van der Waals surface area contributed by atoms with Gasteiger partial charge in [-0.25, -0.2) is 17.6 Å². The second-order valence-electron chi connectivity index (χ2n) is 2.22. The van der Waals surface area contributed by atoms with Gasteiger partial charge >= 0.3 is 10.1 Å². The lowest BCUT2D eigenvalue weighted by molar-refractivity contribution is -0.0448. The lowest BCUT2D eigenvalue weighted by Crippen LogP contribution is -2.30. The maximum Gasteiger partial charge on any atom is 0.303 e. The molecule has 0 rings (SSSR count). The second-order valence-corrected chi connectivity index (χ2v) is 3.75. The molecule has 0 atom stereocenters. The monoisotopic (exact) mass is 228 g/mol. The fourth-order valence-electron chi connectivity index (χ4n) is 0.566. The van der Waals surface area contributed by atoms with Crippen molar-refractivity contribution in [3.8, 4) is 0 Å². The highest BCUT2D eigenvalue weighted by Gasteiger charge is 2.39. The Balaban J connectivity index is 4.33. The van der Waals surface area contributed by atoms with Crippen molar-refractivity contribution >= 4 is 10.1 Å². The highest BCUT2D eigenvalue weighted by Crippen LogP contribution is 2.24. The molecule has 0 heterocycles. The van der Waals surface area contributed by atoms with Crippen LogP contribution in [0.3, 0.4) is 0 Å². The van der Waals surface area contributed by atoms with E-state index in [4.69, 9.17) is 0 Å². The van der Waals surface area contributed by atoms with E-state index in [2.05, 4.69) is 4.39 Å². The first-order valence-corrected chi connectivity index (χ1v) is 4.45. The number of hydrogen-bond acceptors (Lipinski definition) is 3. The predicted molar refractivity (Wildman–Crippen MR) is 31.5 cm³/mol. The molecule has 0 aliphatic rings. The van der Waals surface area contributed by atoms with Crippen molar-refractivity contribution in [2.24, 2.45) is 0 Å². The van der Waals surface area contributed by atoms with Crippen molar-refractivity contribution in [3.05, 3.63) is 0 Å². The topological polar surface area (TPSA) is 43.4 Å². The van der Waals surface area contributed by atoms with Crippen LogP contribution in [0, 0.1) is 0 Å². The molecule has 0 aliphatic heterocycles. The standard InChI is InChI=1S/C4H5F5O3S/c5-3(6)1-4(7,8)2-13(10,11)12-9/h3H,1-2H2. The minimum atomic E-state index is -5.07. The molecular formula is C4H5F5O3S. The van der Waals surface area contributed by atoms with Crippen LogP contribution < -0.4 is 0 Å². The Morgan fingerprint density at radius 3 is 2.08 bits per heavy atom. The van der Waals surface area contributed by atoms with Crippen LogP contribution in [0.25, 0.3) is 0 Å². The van der Waals surface area contributed by atoms with E-state index in [0.717, 1.165) is 0 Å². The molecule has 0 aliphatic carbocycles. The van der Waals surface area contributed by atoms with Crippen molar-refractivity contribution in [3.63, 3.8) is 0 Å². The summed E-state index contributed by atoms with van der Waals surface area (Å²) in [5.41, 5.74) is 0. The summed E-state index contributed by atoms with van der Waals surface area (Å²) >= 11 is 0. The van der Waals surface area contributed by atoms with Gasteiger partial charge in [-0.3, -0.25) is 0 Å². The normalized spacial score (nSPS) is 13.7. The van der Waals surface area contributed by atoms with Crippen LogP contribution in [0.15, 0.2) is 0 Å². The Morgan fingerprint density at radius 1 is 1.31 bits per heavy atom. The molecule has 0 radical (unpaired) electrons. The van der Waals surface area contributed by atoms with Gasteiger partial charge in [-0.05, 0) is 4.53 Å². The van der Waals surface area contributed by atoms with E-state index in [9.17, 15) is 30.5 Å². The quantitative estimate of drug-likeness (QED) is 0.670. The van der Waals surface area contributed by atoms with Gasteiger partial charge in [0.1, 0.15) is 5.75 Å². The average Bonchev–Trinajstić information content (AvgIpc) is 1.81. The van der Waals surface area contributed by atoms with Gasteiger partial charge in [0, 0.05) is 0 Å². The van der Waals surface area contributed by atoms with Crippen molar-refractivity contribution < 1.29 is 34.9 Å². The van der Waals surface area contributed by atoms with Crippen LogP contribution in [0.1, 0.15) is 6.42 Å². The highest BCUT2D eigenvalue weighted by atomic mass is 32.2. The van der Waals surface area contributed by atoms with E-state index in [1.54, 1.807) is 0 Å². The van der Waals surface area contributed by atoms with Gasteiger partial charge in [-0.2, -0.15) is 8.42 Å². The van der Waals surface area contributed by atoms with Crippen molar-refractivity contribution in [1.29, 1.82) is 0 Å². The fourth-order valence-corrected chi connectivity index (χ4v) is 1.25. The minimum absolute atomic E-state index is 1.95. The van der Waals surface area contributed by atoms with E-state index in [-0.39, 0.29) is 0 Å². The van der Waals surface area contributed by atoms with Gasteiger partial charge in [0.2, 0.25) is 6.43 Å². The molecule has 0 aromatic heterocycles. The molecule has 0 saturated heterocycles. The van der Waals surface area contributed by atoms with Crippen LogP contribution in [0.4, 0.5) is 22.1 Å². The summed E-state index contributed by atoms with van der Waals surface area (Å²) in [5.74, 6) is -6.29. The van der Waals surface area contributed by atoms with Gasteiger partial charge in [0.15, 0.2) is 0 Å². The molecule has 0 fully saturated rings. The maximum atomic E-state index is 12.3. The van der Waals surface area contributed by atoms with Gasteiger partial charge in [-0.1, -0.05) is 4.39 Å². The van der Waals surface area contributed by atoms with Crippen molar-refractivity contribution in [2.45, 2.75) is 18.8 Å². The molecule has 13 heavy (non-hydrogen) atoms. The zero-order valence-electron chi connectivity index (χ0n) is 6.01. The van der Waals surface area contributed by atoms with Crippen LogP contribution in [-0.4, -0.2) is 26.5 Å². The minimum Gasteiger partial charge on any atom is -0.210 e. The SMILES string of the molecule is O=S(=O)(CC(F)(F)CC(F)F)OF. The molecule has 9 heteroatoms. The van der Waals surface area contributed by atoms with Crippen molar-refractivity contribution in [2.75, 3.05) is 5.75 Å². The third kappa shape index (κ3) is 5.75. The Bertz CT molecular complexity index is 249. The zero-order chi connectivity index (χ0) is 10.7. The van der Waals surface area contributed by atoms with Gasteiger partial charge in [-0.15, -0.1) is 0 Å². The molecule has 0 spiro atoms. The molecule has 0 unspecified atom stereocenters. The molecule has 3 nitrogen and oxygen atoms in total. The molecule has 80 valence electrons. The van der Waals surface area contributed by atoms with E-state index < -0.39 is 34.6 Å². The molecular weight excluding hydrogens is 223 g/mol. The smallest absolute Gasteiger partial charge is 0.210 e. The molecule has 0 bridgehead atoms. The molecule has 0 aromatic rings. The summed E-state index contributed by atoms with van der Waals surface area (Å²) in [7, 11) is -5.07. The maximum absolute atomic E-state index is 12.3. The molecule has 0 saturated carbocycles. The van der Waals surface area contributed by atoms with Crippen molar-refractivity contribution in [1.82, 2.24) is 0 Å². The lowest BCUT2D eigenvalue weighted by atomic mass is 10.3. The number of halogens is 5. The second kappa shape index (κ2) is 4.18. The molecule has 0 aromatic carbocycles. The Labute approximate surface area is 70.5 Å². The summed E-state index contributed by atoms with van der Waals surface area (Å²) in [6.07, 6.45) is -5.32. The van der Waals surface area contributed by atoms with Crippen LogP contribution in [0.2, 0.25) is 0 Å². The zero-order valence-corrected chi connectivity index (χ0v) is 6.83.